The summed E-state index contributed by atoms with van der Waals surface area (Å²) in [5.41, 5.74) is 2.55. The highest BCUT2D eigenvalue weighted by Gasteiger charge is 1.99. The van der Waals surface area contributed by atoms with Crippen LogP contribution in [-0.4, -0.2) is 5.11 Å². The molecule has 92 valence electrons. The zero-order valence-corrected chi connectivity index (χ0v) is 10.4. The lowest BCUT2D eigenvalue weighted by Crippen LogP contribution is -1.87. The van der Waals surface area contributed by atoms with Gasteiger partial charge in [-0.15, -0.1) is 0 Å². The number of halogens is 2. The molecule has 2 aromatic rings. The number of aliphatic hydroxyl groups is 1. The van der Waals surface area contributed by atoms with Gasteiger partial charge in [0, 0.05) is 5.02 Å². The van der Waals surface area contributed by atoms with Gasteiger partial charge in [0.05, 0.1) is 6.61 Å². The predicted molar refractivity (Wildman–Crippen MR) is 72.7 cm³/mol. The topological polar surface area (TPSA) is 20.2 Å². The van der Waals surface area contributed by atoms with E-state index in [1.807, 2.05) is 12.2 Å². The maximum absolute atomic E-state index is 12.7. The summed E-state index contributed by atoms with van der Waals surface area (Å²) < 4.78 is 12.7. The van der Waals surface area contributed by atoms with Crippen LogP contribution in [0.15, 0.2) is 42.5 Å². The molecular formula is C15H12ClFO. The van der Waals surface area contributed by atoms with Crippen molar-refractivity contribution < 1.29 is 9.50 Å². The van der Waals surface area contributed by atoms with Crippen LogP contribution in [0.1, 0.15) is 16.7 Å². The Morgan fingerprint density at radius 1 is 1.06 bits per heavy atom. The fraction of sp³-hybridized carbons (Fsp3) is 0.0667. The minimum absolute atomic E-state index is 0.0414. The Morgan fingerprint density at radius 3 is 2.44 bits per heavy atom. The standard InChI is InChI=1S/C15H12ClFO/c16-14-6-5-13(10-18)12(9-14)4-1-11-2-7-15(17)8-3-11/h1-9,18H,10H2/b4-1+. The third-order valence-corrected chi connectivity index (χ3v) is 2.84. The third-order valence-electron chi connectivity index (χ3n) is 2.60. The molecule has 0 unspecified atom stereocenters. The van der Waals surface area contributed by atoms with Crippen LogP contribution in [0, 0.1) is 5.82 Å². The molecule has 0 saturated carbocycles. The van der Waals surface area contributed by atoms with Gasteiger partial charge in [-0.2, -0.15) is 0 Å². The van der Waals surface area contributed by atoms with E-state index in [-0.39, 0.29) is 12.4 Å². The molecule has 0 aromatic heterocycles. The van der Waals surface area contributed by atoms with Gasteiger partial charge < -0.3 is 5.11 Å². The quantitative estimate of drug-likeness (QED) is 0.824. The van der Waals surface area contributed by atoms with Crippen LogP contribution in [0.4, 0.5) is 4.39 Å². The van der Waals surface area contributed by atoms with Gasteiger partial charge in [-0.1, -0.05) is 42.0 Å². The van der Waals surface area contributed by atoms with Gasteiger partial charge in [-0.3, -0.25) is 0 Å². The van der Waals surface area contributed by atoms with Crippen molar-refractivity contribution in [1.29, 1.82) is 0 Å². The lowest BCUT2D eigenvalue weighted by molar-refractivity contribution is 0.281. The second-order valence-corrected chi connectivity index (χ2v) is 4.32. The lowest BCUT2D eigenvalue weighted by atomic mass is 10.1. The largest absolute Gasteiger partial charge is 0.392 e. The summed E-state index contributed by atoms with van der Waals surface area (Å²) >= 11 is 5.91. The molecule has 0 aliphatic heterocycles. The molecule has 0 heterocycles. The minimum Gasteiger partial charge on any atom is -0.392 e. The van der Waals surface area contributed by atoms with Crippen LogP contribution in [0.3, 0.4) is 0 Å². The molecule has 0 spiro atoms. The van der Waals surface area contributed by atoms with Gasteiger partial charge in [0.25, 0.3) is 0 Å². The van der Waals surface area contributed by atoms with Crippen molar-refractivity contribution in [3.8, 4) is 0 Å². The minimum atomic E-state index is -0.258. The zero-order valence-electron chi connectivity index (χ0n) is 9.61. The molecule has 0 amide bonds. The van der Waals surface area contributed by atoms with E-state index in [2.05, 4.69) is 0 Å². The van der Waals surface area contributed by atoms with E-state index in [0.717, 1.165) is 16.7 Å². The van der Waals surface area contributed by atoms with E-state index in [4.69, 9.17) is 11.6 Å². The van der Waals surface area contributed by atoms with Crippen LogP contribution in [0.25, 0.3) is 12.2 Å². The Kier molecular flexibility index (Phi) is 4.13. The smallest absolute Gasteiger partial charge is 0.123 e. The number of hydrogen-bond acceptors (Lipinski definition) is 1. The van der Waals surface area contributed by atoms with Crippen LogP contribution in [0.2, 0.25) is 5.02 Å². The summed E-state index contributed by atoms with van der Waals surface area (Å²) in [5.74, 6) is -0.258. The van der Waals surface area contributed by atoms with E-state index in [9.17, 15) is 9.50 Å². The fourth-order valence-electron chi connectivity index (χ4n) is 1.62. The first-order valence-electron chi connectivity index (χ1n) is 5.52. The Balaban J connectivity index is 2.27. The van der Waals surface area contributed by atoms with E-state index in [1.165, 1.54) is 12.1 Å². The Labute approximate surface area is 110 Å². The van der Waals surface area contributed by atoms with E-state index >= 15 is 0 Å². The Hall–Kier alpha value is -1.64. The predicted octanol–water partition coefficient (Wildman–Crippen LogP) is 4.14. The van der Waals surface area contributed by atoms with Crippen LogP contribution >= 0.6 is 11.6 Å². The second-order valence-electron chi connectivity index (χ2n) is 3.89. The number of benzene rings is 2. The molecule has 2 aromatic carbocycles. The summed E-state index contributed by atoms with van der Waals surface area (Å²) in [5, 5.41) is 9.83. The second kappa shape index (κ2) is 5.80. The number of aliphatic hydroxyl groups excluding tert-OH is 1. The summed E-state index contributed by atoms with van der Waals surface area (Å²) in [7, 11) is 0. The number of rotatable bonds is 3. The fourth-order valence-corrected chi connectivity index (χ4v) is 1.81. The van der Waals surface area contributed by atoms with Crippen LogP contribution in [0.5, 0.6) is 0 Å². The molecule has 0 bridgehead atoms. The molecule has 0 aliphatic carbocycles. The normalized spacial score (nSPS) is 11.1. The first-order valence-corrected chi connectivity index (χ1v) is 5.90. The number of hydrogen-bond donors (Lipinski definition) is 1. The molecule has 18 heavy (non-hydrogen) atoms. The van der Waals surface area contributed by atoms with E-state index < -0.39 is 0 Å². The lowest BCUT2D eigenvalue weighted by Gasteiger charge is -2.03. The Bertz CT molecular complexity index is 561. The van der Waals surface area contributed by atoms with Gasteiger partial charge >= 0.3 is 0 Å². The zero-order chi connectivity index (χ0) is 13.0. The van der Waals surface area contributed by atoms with Crippen molar-refractivity contribution in [3.63, 3.8) is 0 Å². The van der Waals surface area contributed by atoms with Crippen molar-refractivity contribution in [2.24, 2.45) is 0 Å². The molecule has 0 fully saturated rings. The van der Waals surface area contributed by atoms with Crippen LogP contribution < -0.4 is 0 Å². The van der Waals surface area contributed by atoms with Crippen LogP contribution in [-0.2, 0) is 6.61 Å². The highest BCUT2D eigenvalue weighted by Crippen LogP contribution is 2.19. The highest BCUT2D eigenvalue weighted by atomic mass is 35.5. The van der Waals surface area contributed by atoms with Crippen molar-refractivity contribution in [2.75, 3.05) is 0 Å². The average Bonchev–Trinajstić information content (AvgIpc) is 2.38. The molecule has 2 rings (SSSR count). The molecule has 0 atom stereocenters. The maximum Gasteiger partial charge on any atom is 0.123 e. The summed E-state index contributed by atoms with van der Waals surface area (Å²) in [6.45, 7) is -0.0414. The molecule has 0 saturated heterocycles. The third kappa shape index (κ3) is 3.19. The first-order chi connectivity index (χ1) is 8.69. The van der Waals surface area contributed by atoms with Crippen molar-refractivity contribution in [3.05, 3.63) is 70.0 Å². The van der Waals surface area contributed by atoms with Gasteiger partial charge in [0.1, 0.15) is 5.82 Å². The monoisotopic (exact) mass is 262 g/mol. The molecule has 3 heteroatoms. The SMILES string of the molecule is OCc1ccc(Cl)cc1/C=C/c1ccc(F)cc1. The van der Waals surface area contributed by atoms with Gasteiger partial charge in [-0.05, 0) is 41.0 Å². The van der Waals surface area contributed by atoms with E-state index in [1.54, 1.807) is 30.3 Å². The summed E-state index contributed by atoms with van der Waals surface area (Å²) in [6.07, 6.45) is 3.70. The molecule has 0 aliphatic rings. The molecular weight excluding hydrogens is 251 g/mol. The van der Waals surface area contributed by atoms with E-state index in [0.29, 0.717) is 5.02 Å². The molecule has 0 radical (unpaired) electrons. The summed E-state index contributed by atoms with van der Waals surface area (Å²) in [6, 6.07) is 11.5. The molecule has 1 N–H and O–H groups in total. The van der Waals surface area contributed by atoms with Gasteiger partial charge in [0.2, 0.25) is 0 Å². The first kappa shape index (κ1) is 12.8. The van der Waals surface area contributed by atoms with Crippen molar-refractivity contribution in [2.45, 2.75) is 6.61 Å². The molecule has 1 nitrogen and oxygen atoms in total. The maximum atomic E-state index is 12.7. The van der Waals surface area contributed by atoms with Gasteiger partial charge in [0.15, 0.2) is 0 Å². The summed E-state index contributed by atoms with van der Waals surface area (Å²) in [4.78, 5) is 0. The van der Waals surface area contributed by atoms with Crippen molar-refractivity contribution in [1.82, 2.24) is 0 Å². The van der Waals surface area contributed by atoms with Gasteiger partial charge in [-0.25, -0.2) is 4.39 Å². The van der Waals surface area contributed by atoms with Crippen molar-refractivity contribution >= 4 is 23.8 Å². The average molecular weight is 263 g/mol. The Morgan fingerprint density at radius 2 is 1.78 bits per heavy atom. The highest BCUT2D eigenvalue weighted by molar-refractivity contribution is 6.30.